The molecule has 0 spiro atoms. The van der Waals surface area contributed by atoms with E-state index in [1.54, 1.807) is 17.0 Å². The minimum Gasteiger partial charge on any atom is -0.355 e. The Morgan fingerprint density at radius 3 is 2.73 bits per heavy atom. The van der Waals surface area contributed by atoms with E-state index in [0.29, 0.717) is 29.4 Å². The van der Waals surface area contributed by atoms with Crippen LogP contribution in [0.4, 0.5) is 0 Å². The van der Waals surface area contributed by atoms with E-state index >= 15 is 0 Å². The predicted molar refractivity (Wildman–Crippen MR) is 100 cm³/mol. The fraction of sp³-hybridized carbons (Fsp3) is 0.529. The summed E-state index contributed by atoms with van der Waals surface area (Å²) in [7, 11) is -3.06. The lowest BCUT2D eigenvalue weighted by Gasteiger charge is -2.22. The lowest BCUT2D eigenvalue weighted by molar-refractivity contribution is -0.130. The fourth-order valence-electron chi connectivity index (χ4n) is 3.47. The van der Waals surface area contributed by atoms with Crippen LogP contribution in [0, 0.1) is 5.92 Å². The number of sulfone groups is 1. The monoisotopic (exact) mass is 418 g/mol. The van der Waals surface area contributed by atoms with Crippen LogP contribution < -0.4 is 5.32 Å². The van der Waals surface area contributed by atoms with E-state index in [0.717, 1.165) is 5.56 Å². The fourth-order valence-corrected chi connectivity index (χ4v) is 5.70. The number of carbonyl (C=O) groups excluding carboxylic acids is 2. The first-order valence-electron chi connectivity index (χ1n) is 8.47. The predicted octanol–water partition coefficient (Wildman–Crippen LogP) is 1.69. The van der Waals surface area contributed by atoms with Gasteiger partial charge in [0.2, 0.25) is 11.8 Å². The van der Waals surface area contributed by atoms with Crippen LogP contribution in [0.25, 0.3) is 0 Å². The van der Waals surface area contributed by atoms with E-state index in [1.165, 1.54) is 0 Å². The summed E-state index contributed by atoms with van der Waals surface area (Å²) < 4.78 is 23.2. The average Bonchev–Trinajstić information content (AvgIpc) is 3.11. The topological polar surface area (TPSA) is 83.6 Å². The minimum absolute atomic E-state index is 0.00213. The van der Waals surface area contributed by atoms with Gasteiger partial charge in [0.1, 0.15) is 0 Å². The number of hydrogen-bond donors (Lipinski definition) is 1. The van der Waals surface area contributed by atoms with Gasteiger partial charge in [0.15, 0.2) is 9.84 Å². The van der Waals surface area contributed by atoms with Crippen LogP contribution >= 0.6 is 23.2 Å². The van der Waals surface area contributed by atoms with Gasteiger partial charge in [0, 0.05) is 35.6 Å². The van der Waals surface area contributed by atoms with Gasteiger partial charge in [-0.3, -0.25) is 9.59 Å². The van der Waals surface area contributed by atoms with Crippen molar-refractivity contribution in [2.75, 3.05) is 24.6 Å². The van der Waals surface area contributed by atoms with Crippen molar-refractivity contribution in [1.29, 1.82) is 0 Å². The number of rotatable bonds is 5. The summed E-state index contributed by atoms with van der Waals surface area (Å²) in [6.45, 7) is 0.690. The van der Waals surface area contributed by atoms with E-state index in [9.17, 15) is 18.0 Å². The molecular weight excluding hydrogens is 399 g/mol. The molecule has 0 aromatic heterocycles. The first-order valence-corrected chi connectivity index (χ1v) is 11.0. The van der Waals surface area contributed by atoms with E-state index in [-0.39, 0.29) is 42.3 Å². The molecule has 0 saturated carbocycles. The van der Waals surface area contributed by atoms with E-state index in [1.807, 2.05) is 6.07 Å². The number of nitrogens with zero attached hydrogens (tertiary/aromatic N) is 1. The molecule has 26 heavy (non-hydrogen) atoms. The van der Waals surface area contributed by atoms with Crippen molar-refractivity contribution in [3.05, 3.63) is 33.8 Å². The van der Waals surface area contributed by atoms with Crippen LogP contribution in [-0.2, 0) is 25.8 Å². The van der Waals surface area contributed by atoms with Crippen LogP contribution in [0.1, 0.15) is 18.4 Å². The lowest BCUT2D eigenvalue weighted by atomic mass is 10.1. The third-order valence-corrected chi connectivity index (χ3v) is 7.22. The molecule has 2 fully saturated rings. The van der Waals surface area contributed by atoms with Crippen molar-refractivity contribution in [1.82, 2.24) is 10.2 Å². The molecule has 142 valence electrons. The SMILES string of the molecule is O=C(NCCc1ccc(Cl)cc1Cl)[C@@H]1CC(=O)N([C@@H]2CCS(=O)(=O)C2)C1. The van der Waals surface area contributed by atoms with Gasteiger partial charge >= 0.3 is 0 Å². The van der Waals surface area contributed by atoms with Gasteiger partial charge < -0.3 is 10.2 Å². The molecule has 2 heterocycles. The maximum Gasteiger partial charge on any atom is 0.225 e. The van der Waals surface area contributed by atoms with Gasteiger partial charge in [-0.1, -0.05) is 29.3 Å². The summed E-state index contributed by atoms with van der Waals surface area (Å²) in [4.78, 5) is 26.1. The lowest BCUT2D eigenvalue weighted by Crippen LogP contribution is -2.39. The zero-order chi connectivity index (χ0) is 18.9. The molecule has 9 heteroatoms. The number of likely N-dealkylation sites (tertiary alicyclic amines) is 1. The van der Waals surface area contributed by atoms with Gasteiger partial charge in [0.05, 0.1) is 17.4 Å². The highest BCUT2D eigenvalue weighted by atomic mass is 35.5. The Hall–Kier alpha value is -1.31. The molecule has 2 aliphatic rings. The Balaban J connectivity index is 1.50. The highest BCUT2D eigenvalue weighted by molar-refractivity contribution is 7.91. The Morgan fingerprint density at radius 2 is 2.08 bits per heavy atom. The average molecular weight is 419 g/mol. The van der Waals surface area contributed by atoms with Crippen molar-refractivity contribution in [3.63, 3.8) is 0 Å². The summed E-state index contributed by atoms with van der Waals surface area (Å²) in [5, 5.41) is 3.94. The summed E-state index contributed by atoms with van der Waals surface area (Å²) in [6, 6.07) is 4.92. The van der Waals surface area contributed by atoms with E-state index in [4.69, 9.17) is 23.2 Å². The molecule has 6 nitrogen and oxygen atoms in total. The Labute approximate surface area is 162 Å². The van der Waals surface area contributed by atoms with E-state index < -0.39 is 15.8 Å². The van der Waals surface area contributed by atoms with Crippen molar-refractivity contribution in [2.24, 2.45) is 5.92 Å². The second-order valence-corrected chi connectivity index (χ2v) is 9.85. The smallest absolute Gasteiger partial charge is 0.225 e. The number of halogens is 2. The van der Waals surface area contributed by atoms with Gasteiger partial charge in [-0.25, -0.2) is 8.42 Å². The van der Waals surface area contributed by atoms with Crippen LogP contribution in [0.3, 0.4) is 0 Å². The number of carbonyl (C=O) groups is 2. The maximum absolute atomic E-state index is 12.3. The molecule has 0 radical (unpaired) electrons. The molecule has 2 saturated heterocycles. The standard InChI is InChI=1S/C17H20Cl2N2O4S/c18-13-2-1-11(15(19)8-13)3-5-20-17(23)12-7-16(22)21(9-12)14-4-6-26(24,25)10-14/h1-2,8,12,14H,3-7,9-10H2,(H,20,23)/t12-,14-/m1/s1. The largest absolute Gasteiger partial charge is 0.355 e. The number of hydrogen-bond acceptors (Lipinski definition) is 4. The zero-order valence-corrected chi connectivity index (χ0v) is 16.4. The molecule has 2 aliphatic heterocycles. The number of nitrogens with one attached hydrogen (secondary N) is 1. The Kier molecular flexibility index (Phi) is 5.79. The summed E-state index contributed by atoms with van der Waals surface area (Å²) >= 11 is 12.0. The highest BCUT2D eigenvalue weighted by Crippen LogP contribution is 2.26. The van der Waals surface area contributed by atoms with Crippen LogP contribution in [0.15, 0.2) is 18.2 Å². The molecule has 0 bridgehead atoms. The summed E-state index contributed by atoms with van der Waals surface area (Å²) in [5.74, 6) is -0.659. The Morgan fingerprint density at radius 1 is 1.31 bits per heavy atom. The minimum atomic E-state index is -3.06. The molecule has 2 amide bonds. The molecule has 1 N–H and O–H groups in total. The highest BCUT2D eigenvalue weighted by Gasteiger charge is 2.41. The first kappa shape index (κ1) is 19.5. The third kappa shape index (κ3) is 4.50. The second kappa shape index (κ2) is 7.74. The van der Waals surface area contributed by atoms with Gasteiger partial charge in [-0.15, -0.1) is 0 Å². The van der Waals surface area contributed by atoms with Gasteiger partial charge in [-0.2, -0.15) is 0 Å². The third-order valence-electron chi connectivity index (χ3n) is 4.89. The maximum atomic E-state index is 12.3. The summed E-state index contributed by atoms with van der Waals surface area (Å²) in [5.41, 5.74) is 0.886. The van der Waals surface area contributed by atoms with Crippen molar-refractivity contribution in [2.45, 2.75) is 25.3 Å². The molecule has 0 aliphatic carbocycles. The molecular formula is C17H20Cl2N2O4S. The van der Waals surface area contributed by atoms with Crippen LogP contribution in [-0.4, -0.2) is 55.8 Å². The molecule has 3 rings (SSSR count). The molecule has 1 aromatic rings. The summed E-state index contributed by atoms with van der Waals surface area (Å²) in [6.07, 6.45) is 1.15. The first-order chi connectivity index (χ1) is 12.2. The van der Waals surface area contributed by atoms with Gasteiger partial charge in [0.25, 0.3) is 0 Å². The quantitative estimate of drug-likeness (QED) is 0.788. The van der Waals surface area contributed by atoms with Crippen LogP contribution in [0.2, 0.25) is 10.0 Å². The number of amides is 2. The van der Waals surface area contributed by atoms with Crippen molar-refractivity contribution in [3.8, 4) is 0 Å². The molecule has 2 atom stereocenters. The van der Waals surface area contributed by atoms with E-state index in [2.05, 4.69) is 5.32 Å². The number of benzene rings is 1. The Bertz CT molecular complexity index is 828. The molecule has 1 aromatic carbocycles. The van der Waals surface area contributed by atoms with Gasteiger partial charge in [-0.05, 0) is 30.5 Å². The van der Waals surface area contributed by atoms with Crippen LogP contribution in [0.5, 0.6) is 0 Å². The second-order valence-electron chi connectivity index (χ2n) is 6.78. The van der Waals surface area contributed by atoms with Crippen molar-refractivity contribution < 1.29 is 18.0 Å². The van der Waals surface area contributed by atoms with Crippen molar-refractivity contribution >= 4 is 44.9 Å². The molecule has 0 unspecified atom stereocenters. The normalized spacial score (nSPS) is 24.8. The zero-order valence-electron chi connectivity index (χ0n) is 14.1.